The van der Waals surface area contributed by atoms with Gasteiger partial charge >= 0.3 is 24.4 Å². The van der Waals surface area contributed by atoms with Crippen molar-refractivity contribution in [3.05, 3.63) is 82.4 Å². The molecule has 3 heterocycles. The van der Waals surface area contributed by atoms with E-state index >= 15 is 0 Å². The number of carbonyl (C=O) groups excluding carboxylic acids is 4. The van der Waals surface area contributed by atoms with Crippen LogP contribution in [0.1, 0.15) is 111 Å². The average molecular weight is 995 g/mol. The minimum atomic E-state index is -4.87. The van der Waals surface area contributed by atoms with Gasteiger partial charge in [-0.1, -0.05) is 30.3 Å². The second-order valence-corrected chi connectivity index (χ2v) is 18.3. The van der Waals surface area contributed by atoms with Crippen LogP contribution in [0, 0.1) is 0 Å². The highest BCUT2D eigenvalue weighted by molar-refractivity contribution is 6.06. The SMILES string of the molecule is COCCCCN1C(=O)C(C)(C)Oc2cc(C(F)(F)F)c(C(=O)N(C(C)C)C3CCN(C(=O)OCc4ccccc4)C3)cc21.COCCCCN1C(=O)C(C)(C)Oc2cc(C(F)(F)F)c(C(=O)O)cc21. The van der Waals surface area contributed by atoms with Crippen molar-refractivity contribution in [1.82, 2.24) is 9.80 Å². The molecule has 1 atom stereocenters. The van der Waals surface area contributed by atoms with E-state index in [0.717, 1.165) is 23.8 Å². The molecular formula is C49H60F6N4O11. The first-order valence-corrected chi connectivity index (χ1v) is 22.7. The fourth-order valence-electron chi connectivity index (χ4n) is 8.43. The fraction of sp³-hybridized carbons (Fsp3) is 0.531. The summed E-state index contributed by atoms with van der Waals surface area (Å²) < 4.78 is 110. The Balaban J connectivity index is 0.000000299. The molecule has 1 saturated heterocycles. The summed E-state index contributed by atoms with van der Waals surface area (Å²) in [7, 11) is 3.10. The number of fused-ring (bicyclic) bond motifs is 2. The highest BCUT2D eigenvalue weighted by Gasteiger charge is 2.47. The van der Waals surface area contributed by atoms with E-state index in [-0.39, 0.29) is 55.7 Å². The lowest BCUT2D eigenvalue weighted by molar-refractivity contribution is -0.139. The van der Waals surface area contributed by atoms with E-state index in [9.17, 15) is 55.4 Å². The van der Waals surface area contributed by atoms with Gasteiger partial charge in [-0.05, 0) is 103 Å². The van der Waals surface area contributed by atoms with Crippen molar-refractivity contribution < 1.29 is 79.1 Å². The predicted octanol–water partition coefficient (Wildman–Crippen LogP) is 9.23. The highest BCUT2D eigenvalue weighted by Crippen LogP contribution is 2.46. The van der Waals surface area contributed by atoms with Crippen molar-refractivity contribution >= 4 is 41.2 Å². The van der Waals surface area contributed by atoms with Gasteiger partial charge in [-0.3, -0.25) is 14.4 Å². The van der Waals surface area contributed by atoms with Gasteiger partial charge in [0.1, 0.15) is 18.1 Å². The maximum atomic E-state index is 14.5. The number of aromatic carboxylic acids is 1. The van der Waals surface area contributed by atoms with E-state index in [1.807, 2.05) is 30.3 Å². The van der Waals surface area contributed by atoms with E-state index in [1.54, 1.807) is 21.0 Å². The Morgan fingerprint density at radius 1 is 0.757 bits per heavy atom. The number of rotatable bonds is 16. The van der Waals surface area contributed by atoms with Gasteiger partial charge < -0.3 is 48.4 Å². The number of carbonyl (C=O) groups is 5. The van der Waals surface area contributed by atoms with Crippen LogP contribution in [0.2, 0.25) is 0 Å². The van der Waals surface area contributed by atoms with Crippen molar-refractivity contribution in [3.8, 4) is 11.5 Å². The molecule has 3 aromatic rings. The van der Waals surface area contributed by atoms with Crippen LogP contribution in [-0.2, 0) is 42.8 Å². The highest BCUT2D eigenvalue weighted by atomic mass is 19.4. The monoisotopic (exact) mass is 994 g/mol. The molecular weight excluding hydrogens is 935 g/mol. The lowest BCUT2D eigenvalue weighted by Gasteiger charge is -2.40. The summed E-state index contributed by atoms with van der Waals surface area (Å²) in [5.41, 5.74) is -5.75. The zero-order valence-corrected chi connectivity index (χ0v) is 40.4. The Bertz CT molecular complexity index is 2380. The third-order valence-electron chi connectivity index (χ3n) is 11.9. The van der Waals surface area contributed by atoms with Crippen molar-refractivity contribution in [2.24, 2.45) is 0 Å². The number of alkyl halides is 6. The molecule has 21 heteroatoms. The van der Waals surface area contributed by atoms with Gasteiger partial charge in [0.2, 0.25) is 0 Å². The fourth-order valence-corrected chi connectivity index (χ4v) is 8.43. The van der Waals surface area contributed by atoms with Gasteiger partial charge in [0.15, 0.2) is 11.2 Å². The van der Waals surface area contributed by atoms with E-state index in [1.165, 1.54) is 54.4 Å². The van der Waals surface area contributed by atoms with Crippen LogP contribution in [0.3, 0.4) is 0 Å². The van der Waals surface area contributed by atoms with Crippen LogP contribution in [0.5, 0.6) is 11.5 Å². The van der Waals surface area contributed by atoms with Crippen molar-refractivity contribution in [2.75, 3.05) is 63.4 Å². The molecule has 3 aliphatic heterocycles. The molecule has 1 fully saturated rings. The number of halogens is 6. The number of carboxylic acids is 1. The van der Waals surface area contributed by atoms with Crippen molar-refractivity contribution in [1.29, 1.82) is 0 Å². The molecule has 0 spiro atoms. The number of carboxylic acid groups (broad SMARTS) is 1. The standard InChI is InChI=1S/C32H40F3N3O6.C17H20F3NO5/c1-21(2)38(23-13-15-36(19-23)30(41)43-20-22-11-7-6-8-12-22)28(39)24-17-26-27(18-25(24)32(33,34)35)44-31(3,4)29(40)37(26)14-9-10-16-42-5;1-16(2)15(24)21(6-4-5-7-25-3)12-8-10(14(22)23)11(17(18,19)20)9-13(12)26-16/h6-8,11-12,17-18,21,23H,9-10,13-16,19-20H2,1-5H3;8-9H,4-7H2,1-3H3,(H,22,23). The van der Waals surface area contributed by atoms with Gasteiger partial charge in [0.05, 0.1) is 39.7 Å². The number of anilines is 2. The third kappa shape index (κ3) is 12.8. The van der Waals surface area contributed by atoms with Gasteiger partial charge in [0, 0.05) is 59.7 Å². The summed E-state index contributed by atoms with van der Waals surface area (Å²) in [6.07, 6.45) is -7.56. The summed E-state index contributed by atoms with van der Waals surface area (Å²) >= 11 is 0. The van der Waals surface area contributed by atoms with Gasteiger partial charge in [-0.15, -0.1) is 0 Å². The Morgan fingerprint density at radius 2 is 1.23 bits per heavy atom. The number of unbranched alkanes of at least 4 members (excludes halogenated alkanes) is 2. The van der Waals surface area contributed by atoms with Crippen LogP contribution in [-0.4, -0.2) is 122 Å². The Labute approximate surface area is 402 Å². The summed E-state index contributed by atoms with van der Waals surface area (Å²) in [6.45, 7) is 11.2. The van der Waals surface area contributed by atoms with Crippen molar-refractivity contribution in [2.45, 2.75) is 116 Å². The van der Waals surface area contributed by atoms with Gasteiger partial charge in [-0.2, -0.15) is 26.3 Å². The average Bonchev–Trinajstić information content (AvgIpc) is 3.76. The molecule has 384 valence electrons. The molecule has 70 heavy (non-hydrogen) atoms. The summed E-state index contributed by atoms with van der Waals surface area (Å²) in [5.74, 6) is -3.71. The van der Waals surface area contributed by atoms with Gasteiger partial charge in [0.25, 0.3) is 17.7 Å². The first kappa shape index (κ1) is 54.8. The molecule has 0 bridgehead atoms. The molecule has 1 unspecified atom stereocenters. The number of amides is 4. The molecule has 1 N–H and O–H groups in total. The number of hydrogen-bond donors (Lipinski definition) is 1. The first-order chi connectivity index (χ1) is 32.7. The number of nitrogens with zero attached hydrogens (tertiary/aromatic N) is 4. The Hall–Kier alpha value is -6.09. The lowest BCUT2D eigenvalue weighted by atomic mass is 9.97. The smallest absolute Gasteiger partial charge is 0.417 e. The van der Waals surface area contributed by atoms with E-state index < -0.39 is 87.7 Å². The zero-order chi connectivity index (χ0) is 51.9. The molecule has 0 radical (unpaired) electrons. The molecule has 3 aromatic carbocycles. The van der Waals surface area contributed by atoms with Crippen LogP contribution in [0.15, 0.2) is 54.6 Å². The minimum Gasteiger partial charge on any atom is -0.478 e. The third-order valence-corrected chi connectivity index (χ3v) is 11.9. The number of ether oxygens (including phenoxy) is 5. The van der Waals surface area contributed by atoms with Crippen LogP contribution in [0.4, 0.5) is 42.5 Å². The second kappa shape index (κ2) is 22.3. The number of likely N-dealkylation sites (tertiary alicyclic amines) is 1. The second-order valence-electron chi connectivity index (χ2n) is 18.3. The molecule has 4 amide bonds. The number of hydrogen-bond acceptors (Lipinski definition) is 10. The van der Waals surface area contributed by atoms with E-state index in [2.05, 4.69) is 0 Å². The van der Waals surface area contributed by atoms with E-state index in [4.69, 9.17) is 23.7 Å². The number of benzene rings is 3. The van der Waals surface area contributed by atoms with Crippen LogP contribution < -0.4 is 19.3 Å². The molecule has 0 saturated carbocycles. The maximum Gasteiger partial charge on any atom is 0.417 e. The maximum absolute atomic E-state index is 14.5. The van der Waals surface area contributed by atoms with Crippen LogP contribution >= 0.6 is 0 Å². The first-order valence-electron chi connectivity index (χ1n) is 22.7. The van der Waals surface area contributed by atoms with E-state index in [0.29, 0.717) is 51.4 Å². The molecule has 6 rings (SSSR count). The molecule has 3 aliphatic rings. The predicted molar refractivity (Wildman–Crippen MR) is 244 cm³/mol. The summed E-state index contributed by atoms with van der Waals surface area (Å²) in [4.78, 5) is 69.6. The topological polar surface area (TPSA) is 165 Å². The minimum absolute atomic E-state index is 0.0251. The summed E-state index contributed by atoms with van der Waals surface area (Å²) in [5, 5.41) is 9.17. The molecule has 15 nitrogen and oxygen atoms in total. The van der Waals surface area contributed by atoms with Crippen LogP contribution in [0.25, 0.3) is 0 Å². The molecule has 0 aliphatic carbocycles. The van der Waals surface area contributed by atoms with Crippen molar-refractivity contribution in [3.63, 3.8) is 0 Å². The Morgan fingerprint density at radius 3 is 1.67 bits per heavy atom. The Kier molecular flexibility index (Phi) is 17.5. The molecule has 0 aromatic heterocycles. The largest absolute Gasteiger partial charge is 0.478 e. The normalized spacial score (nSPS) is 17.2. The lowest BCUT2D eigenvalue weighted by Crippen LogP contribution is -2.53. The summed E-state index contributed by atoms with van der Waals surface area (Å²) in [6, 6.07) is 11.6. The number of methoxy groups -OCH3 is 2. The van der Waals surface area contributed by atoms with Gasteiger partial charge in [-0.25, -0.2) is 9.59 Å². The zero-order valence-electron chi connectivity index (χ0n) is 40.4. The quantitative estimate of drug-likeness (QED) is 0.107.